The van der Waals surface area contributed by atoms with Crippen LogP contribution in [0.3, 0.4) is 0 Å². The van der Waals surface area contributed by atoms with Crippen molar-refractivity contribution in [2.45, 2.75) is 13.3 Å². The molecule has 0 saturated carbocycles. The zero-order chi connectivity index (χ0) is 15.7. The van der Waals surface area contributed by atoms with Gasteiger partial charge in [0, 0.05) is 16.8 Å². The molecule has 112 valence electrons. The summed E-state index contributed by atoms with van der Waals surface area (Å²) in [4.78, 5) is 23.1. The van der Waals surface area contributed by atoms with E-state index < -0.39 is 0 Å². The fourth-order valence-corrected chi connectivity index (χ4v) is 2.63. The summed E-state index contributed by atoms with van der Waals surface area (Å²) < 4.78 is 1.75. The number of hydrogen-bond acceptors (Lipinski definition) is 3. The van der Waals surface area contributed by atoms with Gasteiger partial charge in [-0.25, -0.2) is 9.97 Å². The third-order valence-corrected chi connectivity index (χ3v) is 3.69. The number of H-pyrrole nitrogens is 1. The second-order valence-corrected chi connectivity index (χ2v) is 5.47. The number of allylic oxidation sites excluding steroid dienone is 1. The van der Waals surface area contributed by atoms with Gasteiger partial charge in [0.1, 0.15) is 5.82 Å². The van der Waals surface area contributed by atoms with Crippen molar-refractivity contribution in [1.29, 1.82) is 0 Å². The van der Waals surface area contributed by atoms with Crippen LogP contribution in [0.15, 0.2) is 35.4 Å². The van der Waals surface area contributed by atoms with Crippen molar-refractivity contribution in [2.75, 3.05) is 0 Å². The van der Waals surface area contributed by atoms with E-state index in [1.807, 2.05) is 19.2 Å². The van der Waals surface area contributed by atoms with Crippen molar-refractivity contribution in [3.05, 3.63) is 51.0 Å². The number of aromatic nitrogens is 4. The molecular weight excluding hydrogens is 323 g/mol. The molecule has 0 unspecified atom stereocenters. The molecular formula is C15H12Cl2N4O. The summed E-state index contributed by atoms with van der Waals surface area (Å²) in [5, 5.41) is 1.00. The fourth-order valence-electron chi connectivity index (χ4n) is 2.13. The van der Waals surface area contributed by atoms with Gasteiger partial charge in [-0.1, -0.05) is 36.2 Å². The summed E-state index contributed by atoms with van der Waals surface area (Å²) in [6, 6.07) is 5.15. The molecule has 0 aliphatic carbocycles. The van der Waals surface area contributed by atoms with Crippen LogP contribution in [0.25, 0.3) is 28.8 Å². The monoisotopic (exact) mass is 334 g/mol. The molecule has 7 heteroatoms. The zero-order valence-corrected chi connectivity index (χ0v) is 13.2. The summed E-state index contributed by atoms with van der Waals surface area (Å²) >= 11 is 12.2. The van der Waals surface area contributed by atoms with Gasteiger partial charge < -0.3 is 4.98 Å². The first-order valence-electron chi connectivity index (χ1n) is 6.69. The van der Waals surface area contributed by atoms with Crippen LogP contribution >= 0.6 is 23.2 Å². The molecule has 0 aliphatic rings. The molecule has 0 fully saturated rings. The van der Waals surface area contributed by atoms with Gasteiger partial charge in [-0.2, -0.15) is 0 Å². The molecule has 2 heterocycles. The SMILES string of the molecule is CC/C=C/n1c(-c2ccc(Cl)cc2Cl)nc2c(=O)[nH]cnc21. The maximum atomic E-state index is 11.9. The van der Waals surface area contributed by atoms with Crippen LogP contribution in [0.1, 0.15) is 13.3 Å². The Hall–Kier alpha value is -2.11. The number of benzene rings is 1. The average Bonchev–Trinajstić information content (AvgIpc) is 2.85. The zero-order valence-electron chi connectivity index (χ0n) is 11.7. The number of fused-ring (bicyclic) bond motifs is 1. The van der Waals surface area contributed by atoms with E-state index in [4.69, 9.17) is 23.2 Å². The van der Waals surface area contributed by atoms with E-state index in [1.165, 1.54) is 6.33 Å². The van der Waals surface area contributed by atoms with E-state index in [0.717, 1.165) is 6.42 Å². The Labute approximate surface area is 136 Å². The highest BCUT2D eigenvalue weighted by atomic mass is 35.5. The van der Waals surface area contributed by atoms with Crippen molar-refractivity contribution in [2.24, 2.45) is 0 Å². The Morgan fingerprint density at radius 2 is 2.18 bits per heavy atom. The van der Waals surface area contributed by atoms with Gasteiger partial charge in [-0.15, -0.1) is 0 Å². The highest BCUT2D eigenvalue weighted by molar-refractivity contribution is 6.36. The summed E-state index contributed by atoms with van der Waals surface area (Å²) in [5.74, 6) is 0.547. The van der Waals surface area contributed by atoms with Gasteiger partial charge in [-0.05, 0) is 24.6 Å². The quantitative estimate of drug-likeness (QED) is 0.788. The van der Waals surface area contributed by atoms with E-state index in [0.29, 0.717) is 27.1 Å². The van der Waals surface area contributed by atoms with Crippen LogP contribution in [0.5, 0.6) is 0 Å². The molecule has 0 bridgehead atoms. The van der Waals surface area contributed by atoms with Crippen molar-refractivity contribution >= 4 is 40.6 Å². The minimum atomic E-state index is -0.292. The molecule has 1 N–H and O–H groups in total. The Balaban J connectivity index is 2.35. The molecule has 3 rings (SSSR count). The molecule has 1 aromatic carbocycles. The molecule has 22 heavy (non-hydrogen) atoms. The number of imidazole rings is 1. The minimum absolute atomic E-state index is 0.268. The highest BCUT2D eigenvalue weighted by Crippen LogP contribution is 2.31. The largest absolute Gasteiger partial charge is 0.311 e. The van der Waals surface area contributed by atoms with Gasteiger partial charge in [0.15, 0.2) is 11.2 Å². The standard InChI is InChI=1S/C15H12Cl2N4O/c1-2-3-6-21-13(10-5-4-9(16)7-11(10)17)20-12-14(21)18-8-19-15(12)22/h3-8H,2H2,1H3,(H,18,19,22)/b6-3+. The van der Waals surface area contributed by atoms with Crippen molar-refractivity contribution in [3.63, 3.8) is 0 Å². The summed E-state index contributed by atoms with van der Waals surface area (Å²) in [7, 11) is 0. The predicted octanol–water partition coefficient (Wildman–Crippen LogP) is 3.97. The van der Waals surface area contributed by atoms with Gasteiger partial charge in [-0.3, -0.25) is 9.36 Å². The lowest BCUT2D eigenvalue weighted by Crippen LogP contribution is -2.06. The van der Waals surface area contributed by atoms with Crippen molar-refractivity contribution in [1.82, 2.24) is 19.5 Å². The first kappa shape index (κ1) is 14.8. The molecule has 0 atom stereocenters. The molecule has 0 amide bonds. The first-order valence-corrected chi connectivity index (χ1v) is 7.45. The Kier molecular flexibility index (Phi) is 4.00. The second-order valence-electron chi connectivity index (χ2n) is 4.63. The van der Waals surface area contributed by atoms with E-state index in [2.05, 4.69) is 15.0 Å². The van der Waals surface area contributed by atoms with Crippen LogP contribution < -0.4 is 5.56 Å². The number of nitrogens with one attached hydrogen (secondary N) is 1. The number of hydrogen-bond donors (Lipinski definition) is 1. The van der Waals surface area contributed by atoms with Gasteiger partial charge >= 0.3 is 0 Å². The maximum Gasteiger partial charge on any atom is 0.278 e. The number of aromatic amines is 1. The predicted molar refractivity (Wildman–Crippen MR) is 89.2 cm³/mol. The lowest BCUT2D eigenvalue weighted by molar-refractivity contribution is 1.10. The van der Waals surface area contributed by atoms with Crippen molar-refractivity contribution < 1.29 is 0 Å². The Bertz CT molecular complexity index is 927. The minimum Gasteiger partial charge on any atom is -0.311 e. The van der Waals surface area contributed by atoms with Gasteiger partial charge in [0.2, 0.25) is 0 Å². The fraction of sp³-hybridized carbons (Fsp3) is 0.133. The van der Waals surface area contributed by atoms with Crippen molar-refractivity contribution in [3.8, 4) is 11.4 Å². The Morgan fingerprint density at radius 3 is 2.91 bits per heavy atom. The molecule has 2 aromatic heterocycles. The van der Waals surface area contributed by atoms with Crippen LogP contribution in [0.2, 0.25) is 10.0 Å². The first-order chi connectivity index (χ1) is 10.6. The van der Waals surface area contributed by atoms with E-state index >= 15 is 0 Å². The van der Waals surface area contributed by atoms with E-state index in [9.17, 15) is 4.79 Å². The molecule has 0 saturated heterocycles. The second kappa shape index (κ2) is 5.94. The topological polar surface area (TPSA) is 63.6 Å². The summed E-state index contributed by atoms with van der Waals surface area (Å²) in [5.41, 5.74) is 1.14. The third kappa shape index (κ3) is 2.53. The van der Waals surface area contributed by atoms with Crippen LogP contribution in [0, 0.1) is 0 Å². The maximum absolute atomic E-state index is 11.9. The van der Waals surface area contributed by atoms with Crippen LogP contribution in [-0.2, 0) is 0 Å². The van der Waals surface area contributed by atoms with E-state index in [-0.39, 0.29) is 11.1 Å². The van der Waals surface area contributed by atoms with Gasteiger partial charge in [0.05, 0.1) is 11.3 Å². The van der Waals surface area contributed by atoms with Crippen LogP contribution in [0.4, 0.5) is 0 Å². The summed E-state index contributed by atoms with van der Waals surface area (Å²) in [6.45, 7) is 2.02. The lowest BCUT2D eigenvalue weighted by Gasteiger charge is -2.05. The Morgan fingerprint density at radius 1 is 1.36 bits per heavy atom. The highest BCUT2D eigenvalue weighted by Gasteiger charge is 2.16. The lowest BCUT2D eigenvalue weighted by atomic mass is 10.2. The van der Waals surface area contributed by atoms with Crippen LogP contribution in [-0.4, -0.2) is 19.5 Å². The average molecular weight is 335 g/mol. The van der Waals surface area contributed by atoms with E-state index in [1.54, 1.807) is 22.8 Å². The normalized spacial score (nSPS) is 11.6. The third-order valence-electron chi connectivity index (χ3n) is 3.15. The number of nitrogens with zero attached hydrogens (tertiary/aromatic N) is 3. The molecule has 0 spiro atoms. The van der Waals surface area contributed by atoms with Gasteiger partial charge in [0.25, 0.3) is 5.56 Å². The number of rotatable bonds is 3. The molecule has 0 aliphatic heterocycles. The smallest absolute Gasteiger partial charge is 0.278 e. The summed E-state index contributed by atoms with van der Waals surface area (Å²) in [6.07, 6.45) is 5.99. The molecule has 5 nitrogen and oxygen atoms in total. The molecule has 3 aromatic rings. The number of halogens is 2. The molecule has 0 radical (unpaired) electrons.